The van der Waals surface area contributed by atoms with Gasteiger partial charge in [-0.1, -0.05) is 158 Å². The number of rotatable bonds is 8. The highest BCUT2D eigenvalue weighted by Gasteiger charge is 2.42. The molecule has 0 bridgehead atoms. The Kier molecular flexibility index (Phi) is 9.56. The van der Waals surface area contributed by atoms with E-state index in [1.165, 1.54) is 55.6 Å². The van der Waals surface area contributed by atoms with Gasteiger partial charge in [-0.2, -0.15) is 0 Å². The van der Waals surface area contributed by atoms with Crippen molar-refractivity contribution in [1.29, 1.82) is 0 Å². The van der Waals surface area contributed by atoms with Crippen LogP contribution in [0.1, 0.15) is 47.2 Å². The molecule has 0 radical (unpaired) electrons. The van der Waals surface area contributed by atoms with Crippen LogP contribution in [0.5, 0.6) is 0 Å². The molecule has 0 fully saturated rings. The molecule has 4 nitrogen and oxygen atoms in total. The summed E-state index contributed by atoms with van der Waals surface area (Å²) < 4.78 is 13.7. The molecule has 0 N–H and O–H groups in total. The van der Waals surface area contributed by atoms with Crippen LogP contribution in [0.15, 0.2) is 276 Å². The Labute approximate surface area is 452 Å². The molecule has 0 atom stereocenters. The van der Waals surface area contributed by atoms with Gasteiger partial charge in [-0.25, -0.2) is 0 Å². The third-order valence-electron chi connectivity index (χ3n) is 17.3. The van der Waals surface area contributed by atoms with Crippen molar-refractivity contribution >= 4 is 88.8 Å². The summed E-state index contributed by atoms with van der Waals surface area (Å²) in [5.74, 6) is 0. The van der Waals surface area contributed by atoms with Crippen molar-refractivity contribution in [1.82, 2.24) is 0 Å². The van der Waals surface area contributed by atoms with Gasteiger partial charge in [-0.15, -0.1) is 0 Å². The first-order valence-electron chi connectivity index (χ1n) is 27.0. The Bertz CT molecular complexity index is 4350. The van der Waals surface area contributed by atoms with Crippen LogP contribution in [0.3, 0.4) is 0 Å². The Morgan fingerprint density at radius 2 is 0.577 bits per heavy atom. The first-order valence-corrected chi connectivity index (χ1v) is 27.0. The molecule has 2 aromatic heterocycles. The average Bonchev–Trinajstić information content (AvgIpc) is 4.39. The van der Waals surface area contributed by atoms with Crippen molar-refractivity contribution in [3.8, 4) is 22.3 Å². The monoisotopic (exact) mass is 998 g/mol. The molecular formula is C74H50N2O2. The lowest BCUT2D eigenvalue weighted by Crippen LogP contribution is -2.23. The van der Waals surface area contributed by atoms with Gasteiger partial charge in [0.25, 0.3) is 0 Å². The largest absolute Gasteiger partial charge is 0.456 e. The fourth-order valence-corrected chi connectivity index (χ4v) is 13.5. The molecular weight excluding hydrogens is 949 g/mol. The van der Waals surface area contributed by atoms with Crippen molar-refractivity contribution in [3.63, 3.8) is 0 Å². The maximum Gasteiger partial charge on any atom is 0.137 e. The molecule has 16 rings (SSSR count). The van der Waals surface area contributed by atoms with Crippen LogP contribution in [0.25, 0.3) is 76.9 Å². The van der Waals surface area contributed by atoms with E-state index in [9.17, 15) is 0 Å². The van der Waals surface area contributed by atoms with Gasteiger partial charge in [0.05, 0.1) is 0 Å². The van der Waals surface area contributed by atoms with Gasteiger partial charge in [0, 0.05) is 78.6 Å². The summed E-state index contributed by atoms with van der Waals surface area (Å²) in [5.41, 5.74) is 22.1. The van der Waals surface area contributed by atoms with E-state index in [2.05, 4.69) is 291 Å². The number of nitrogens with zero attached hydrogens (tertiary/aromatic N) is 2. The topological polar surface area (TPSA) is 32.8 Å². The lowest BCUT2D eigenvalue weighted by Gasteiger charge is -2.31. The smallest absolute Gasteiger partial charge is 0.137 e. The molecule has 78 heavy (non-hydrogen) atoms. The van der Waals surface area contributed by atoms with Crippen LogP contribution < -0.4 is 9.80 Å². The van der Waals surface area contributed by atoms with E-state index < -0.39 is 0 Å². The fraction of sp³-hybridized carbons (Fsp3) is 0.0541. The minimum atomic E-state index is -0.319. The maximum atomic E-state index is 6.84. The van der Waals surface area contributed by atoms with E-state index >= 15 is 0 Å². The number of fused-ring (bicyclic) bond motifs is 13. The molecule has 2 aliphatic carbocycles. The predicted molar refractivity (Wildman–Crippen MR) is 323 cm³/mol. The summed E-state index contributed by atoms with van der Waals surface area (Å²) in [6.07, 6.45) is 0. The van der Waals surface area contributed by atoms with Crippen LogP contribution in [0.4, 0.5) is 34.1 Å². The van der Waals surface area contributed by atoms with Gasteiger partial charge in [-0.3, -0.25) is 0 Å². The number of anilines is 6. The second-order valence-electron chi connectivity index (χ2n) is 21.5. The summed E-state index contributed by atoms with van der Waals surface area (Å²) in [6, 6.07) is 97.1. The molecule has 368 valence electrons. The predicted octanol–water partition coefficient (Wildman–Crippen LogP) is 20.2. The summed E-state index contributed by atoms with van der Waals surface area (Å²) in [7, 11) is 0. The molecule has 0 spiro atoms. The molecule has 0 saturated heterocycles. The molecule has 12 aromatic carbocycles. The van der Waals surface area contributed by atoms with Crippen LogP contribution >= 0.6 is 0 Å². The van der Waals surface area contributed by atoms with Crippen LogP contribution in [-0.4, -0.2) is 0 Å². The fourth-order valence-electron chi connectivity index (χ4n) is 13.5. The van der Waals surface area contributed by atoms with Crippen LogP contribution in [-0.2, 0) is 10.8 Å². The number of hydrogen-bond donors (Lipinski definition) is 0. The van der Waals surface area contributed by atoms with Crippen LogP contribution in [0.2, 0.25) is 0 Å². The van der Waals surface area contributed by atoms with E-state index in [4.69, 9.17) is 8.83 Å². The van der Waals surface area contributed by atoms with E-state index in [1.54, 1.807) is 0 Å². The highest BCUT2D eigenvalue weighted by Crippen LogP contribution is 2.55. The van der Waals surface area contributed by atoms with Gasteiger partial charge >= 0.3 is 0 Å². The molecule has 4 heteroatoms. The molecule has 2 aliphatic rings. The standard InChI is InChI=1S/C74H50N2O2/c1-73(65-31-13-9-27-57(65)58-28-10-14-32-66(58)73)49-19-17-25-53(43-49)75(51-21-5-3-6-22-51)55-35-37-61-63-39-47-40-64-62-38-36-56(46-72(62)78-70(64)42-48(47)41-69(63)77-71(61)45-55)76(52-23-7-4-8-24-52)54-26-18-20-50(44-54)74(2)67-33-15-11-29-59(67)60-30-12-16-34-68(60)74/h3-46H,1-2H3. The number of hydrogen-bond acceptors (Lipinski definition) is 4. The van der Waals surface area contributed by atoms with Gasteiger partial charge in [0.15, 0.2) is 0 Å². The Morgan fingerprint density at radius 1 is 0.256 bits per heavy atom. The molecule has 0 unspecified atom stereocenters. The molecule has 0 amide bonds. The first-order chi connectivity index (χ1) is 38.4. The van der Waals surface area contributed by atoms with Gasteiger partial charge in [-0.05, 0) is 177 Å². The SMILES string of the molecule is CC1(c2cccc(N(c3ccccc3)c3ccc4c(c3)oc3cc5cc6oc7cc(N(c8ccccc8)c8cccc(C9(C)c%10ccccc%10-c%10ccccc%109)c8)ccc7c6cc5cc34)c2)c2ccccc2-c2ccccc21. The minimum absolute atomic E-state index is 0.319. The summed E-state index contributed by atoms with van der Waals surface area (Å²) in [6.45, 7) is 4.75. The van der Waals surface area contributed by atoms with Crippen molar-refractivity contribution < 1.29 is 8.83 Å². The lowest BCUT2D eigenvalue weighted by molar-refractivity contribution is 0.668. The third kappa shape index (κ3) is 6.47. The number of para-hydroxylation sites is 2. The highest BCUT2D eigenvalue weighted by molar-refractivity contribution is 6.16. The minimum Gasteiger partial charge on any atom is -0.456 e. The zero-order valence-electron chi connectivity index (χ0n) is 43.1. The van der Waals surface area contributed by atoms with Crippen molar-refractivity contribution in [2.75, 3.05) is 9.80 Å². The van der Waals surface area contributed by atoms with Crippen molar-refractivity contribution in [2.24, 2.45) is 0 Å². The normalized spacial score (nSPS) is 13.7. The third-order valence-corrected chi connectivity index (χ3v) is 17.3. The second-order valence-corrected chi connectivity index (χ2v) is 21.5. The Hall–Kier alpha value is -9.90. The second kappa shape index (κ2) is 16.8. The molecule has 0 saturated carbocycles. The van der Waals surface area contributed by atoms with Crippen molar-refractivity contribution in [2.45, 2.75) is 24.7 Å². The molecule has 2 heterocycles. The summed E-state index contributed by atoms with van der Waals surface area (Å²) in [5, 5.41) is 6.50. The van der Waals surface area contributed by atoms with Gasteiger partial charge in [0.1, 0.15) is 22.3 Å². The Morgan fingerprint density at radius 3 is 0.974 bits per heavy atom. The van der Waals surface area contributed by atoms with E-state index in [0.29, 0.717) is 0 Å². The zero-order valence-corrected chi connectivity index (χ0v) is 43.1. The molecule has 0 aliphatic heterocycles. The Balaban J connectivity index is 0.769. The zero-order chi connectivity index (χ0) is 51.7. The maximum absolute atomic E-state index is 6.84. The van der Waals surface area contributed by atoms with E-state index in [0.717, 1.165) is 88.8 Å². The number of furan rings is 2. The van der Waals surface area contributed by atoms with Gasteiger partial charge in [0.2, 0.25) is 0 Å². The summed E-state index contributed by atoms with van der Waals surface area (Å²) in [4.78, 5) is 4.69. The van der Waals surface area contributed by atoms with E-state index in [1.807, 2.05) is 0 Å². The first kappa shape index (κ1) is 44.4. The van der Waals surface area contributed by atoms with Gasteiger partial charge < -0.3 is 18.6 Å². The lowest BCUT2D eigenvalue weighted by atomic mass is 9.74. The average molecular weight is 999 g/mol. The summed E-state index contributed by atoms with van der Waals surface area (Å²) >= 11 is 0. The molecule has 14 aromatic rings. The van der Waals surface area contributed by atoms with Crippen LogP contribution in [0, 0.1) is 0 Å². The number of benzene rings is 12. The quantitative estimate of drug-likeness (QED) is 0.152. The van der Waals surface area contributed by atoms with Crippen molar-refractivity contribution in [3.05, 3.63) is 300 Å². The van der Waals surface area contributed by atoms with E-state index in [-0.39, 0.29) is 10.8 Å². The highest BCUT2D eigenvalue weighted by atomic mass is 16.3.